The predicted octanol–water partition coefficient (Wildman–Crippen LogP) is -2.55. The standard InChI is InChI=1S/C54H88O26S/c1-49(2)14-16-54(17-15-52(6)23(24(54)18-49)8-9-30-51(5)12-11-31(80-81(69,70)71)50(3,4)29(51)10-13-53(30,52)7)48(68)79-46-42(67)38(63)35(60)28(77-46)22-73-47-43(39(64)33(58)26(20-56)75-47)78-45-41(66)37(62)34(59)27(76-45)21-72-44-40(65)36(61)32(57)25(19-55)74-44/h8,24-47,55-67H,9-22H2,1-7H3,(H,69,70,71)/p-1/t24?,25-,26-,27-,28-,29+,30-,31+,32-,33-,34-,35-,36+,37+,38+,39+,40-,41-,42-,43-,44-,45+,46+,47-,51+,52-,53-,54+/m1/s1. The van der Waals surface area contributed by atoms with Gasteiger partial charge in [-0.05, 0) is 109 Å². The van der Waals surface area contributed by atoms with Gasteiger partial charge in [-0.15, -0.1) is 0 Å². The summed E-state index contributed by atoms with van der Waals surface area (Å²) in [7, 11) is -4.92. The molecule has 28 atom stereocenters. The Kier molecular flexibility index (Phi) is 18.2. The second-order valence-electron chi connectivity index (χ2n) is 26.8. The number of carbonyl (C=O) groups excluding carboxylic acids is 1. The van der Waals surface area contributed by atoms with Gasteiger partial charge in [0.2, 0.25) is 16.7 Å². The summed E-state index contributed by atoms with van der Waals surface area (Å²) in [5.74, 6) is -0.703. The first kappa shape index (κ1) is 63.8. The van der Waals surface area contributed by atoms with Crippen LogP contribution < -0.4 is 0 Å². The quantitative estimate of drug-likeness (QED) is 0.0368. The molecule has 81 heavy (non-hydrogen) atoms. The number of allylic oxidation sites excluding steroid dienone is 2. The van der Waals surface area contributed by atoms with Gasteiger partial charge in [0.25, 0.3) is 0 Å². The molecule has 9 aliphatic rings. The molecule has 4 aliphatic heterocycles. The number of hydrogen-bond donors (Lipinski definition) is 13. The van der Waals surface area contributed by atoms with Crippen molar-refractivity contribution in [3.63, 3.8) is 0 Å². The molecular formula is C54H87O26S-. The summed E-state index contributed by atoms with van der Waals surface area (Å²) < 4.78 is 87.1. The molecule has 1 unspecified atom stereocenters. The molecule has 0 aromatic carbocycles. The molecule has 466 valence electrons. The van der Waals surface area contributed by atoms with Crippen molar-refractivity contribution in [1.29, 1.82) is 0 Å². The maximum atomic E-state index is 15.2. The largest absolute Gasteiger partial charge is 0.726 e. The van der Waals surface area contributed by atoms with Crippen LogP contribution in [0.4, 0.5) is 0 Å². The van der Waals surface area contributed by atoms with E-state index in [1.807, 2.05) is 13.8 Å². The minimum absolute atomic E-state index is 0.0655. The number of fused-ring (bicyclic) bond motifs is 7. The highest BCUT2D eigenvalue weighted by Gasteiger charge is 2.70. The molecule has 8 fully saturated rings. The van der Waals surface area contributed by atoms with E-state index in [1.54, 1.807) is 0 Å². The lowest BCUT2D eigenvalue weighted by molar-refractivity contribution is -0.376. The van der Waals surface area contributed by atoms with Crippen molar-refractivity contribution in [2.45, 2.75) is 242 Å². The van der Waals surface area contributed by atoms with E-state index < -0.39 is 183 Å². The number of esters is 1. The molecular weight excluding hydrogens is 1100 g/mol. The van der Waals surface area contributed by atoms with Crippen LogP contribution in [0.25, 0.3) is 0 Å². The van der Waals surface area contributed by atoms with Crippen LogP contribution in [0, 0.1) is 50.2 Å². The van der Waals surface area contributed by atoms with Crippen LogP contribution in [-0.2, 0) is 57.3 Å². The zero-order valence-electron chi connectivity index (χ0n) is 46.9. The number of aliphatic hydroxyl groups is 13. The second kappa shape index (κ2) is 23.1. The monoisotopic (exact) mass is 1180 g/mol. The third kappa shape index (κ3) is 11.1. The van der Waals surface area contributed by atoms with Crippen molar-refractivity contribution in [2.75, 3.05) is 26.4 Å². The molecule has 0 radical (unpaired) electrons. The summed E-state index contributed by atoms with van der Waals surface area (Å²) in [6.07, 6.45) is -28.6. The van der Waals surface area contributed by atoms with Gasteiger partial charge in [0.1, 0.15) is 97.7 Å². The molecule has 0 bridgehead atoms. The Hall–Kier alpha value is -1.72. The fourth-order valence-electron chi connectivity index (χ4n) is 16.5. The van der Waals surface area contributed by atoms with Crippen LogP contribution in [0.15, 0.2) is 11.6 Å². The molecule has 0 spiro atoms. The number of aliphatic hydroxyl groups excluding tert-OH is 13. The normalized spacial score (nSPS) is 51.6. The van der Waals surface area contributed by atoms with Gasteiger partial charge in [-0.3, -0.25) is 8.98 Å². The van der Waals surface area contributed by atoms with Crippen molar-refractivity contribution in [1.82, 2.24) is 0 Å². The van der Waals surface area contributed by atoms with Crippen molar-refractivity contribution in [2.24, 2.45) is 50.2 Å². The number of ether oxygens (including phenoxy) is 8. The highest BCUT2D eigenvalue weighted by Crippen LogP contribution is 2.76. The first-order valence-corrected chi connectivity index (χ1v) is 29.8. The van der Waals surface area contributed by atoms with Crippen molar-refractivity contribution < 1.29 is 126 Å². The van der Waals surface area contributed by atoms with Crippen LogP contribution in [0.3, 0.4) is 0 Å². The SMILES string of the molecule is CC1(C)CC[C@]2(C(=O)O[C@@H]3O[C@H](CO[C@@H]4O[C@H](CO)[C@@H](O)[C@H](O)[C@H]4O[C@@H]4O[C@H](CO[C@@H]5O[C@H](CO)[C@@H](O)[C@H](O)[C@H]5O)[C@@H](O)[C@H](O)[C@H]4O)[C@@H](O)[C@H](O)[C@H]3O)CC[C@]3(C)C(=CC[C@@H]4[C@@]5(C)CC[C@H](OS(=O)(=O)[O-])C(C)(C)[C@@H]5CC[C@]43C)C2C1. The molecule has 0 aromatic heterocycles. The Bertz CT molecular complexity index is 2380. The summed E-state index contributed by atoms with van der Waals surface area (Å²) in [6.45, 7) is 12.2. The van der Waals surface area contributed by atoms with Gasteiger partial charge >= 0.3 is 5.97 Å². The molecule has 4 heterocycles. The molecule has 4 saturated carbocycles. The van der Waals surface area contributed by atoms with E-state index in [9.17, 15) is 79.4 Å². The van der Waals surface area contributed by atoms with Gasteiger partial charge in [0, 0.05) is 0 Å². The average Bonchev–Trinajstić information content (AvgIpc) is 0.957. The summed E-state index contributed by atoms with van der Waals surface area (Å²) >= 11 is 0. The van der Waals surface area contributed by atoms with Gasteiger partial charge in [-0.2, -0.15) is 0 Å². The predicted molar refractivity (Wildman–Crippen MR) is 271 cm³/mol. The minimum Gasteiger partial charge on any atom is -0.726 e. The third-order valence-corrected chi connectivity index (χ3v) is 22.1. The highest BCUT2D eigenvalue weighted by atomic mass is 32.3. The maximum Gasteiger partial charge on any atom is 0.315 e. The van der Waals surface area contributed by atoms with E-state index in [1.165, 1.54) is 5.57 Å². The van der Waals surface area contributed by atoms with Crippen LogP contribution in [0.2, 0.25) is 0 Å². The molecule has 27 heteroatoms. The van der Waals surface area contributed by atoms with Crippen molar-refractivity contribution in [3.05, 3.63) is 11.6 Å². The fraction of sp³-hybridized carbons (Fsp3) is 0.944. The van der Waals surface area contributed by atoms with Crippen molar-refractivity contribution >= 4 is 16.4 Å². The second-order valence-corrected chi connectivity index (χ2v) is 27.8. The lowest BCUT2D eigenvalue weighted by atomic mass is 9.33. The Morgan fingerprint density at radius 3 is 1.69 bits per heavy atom. The summed E-state index contributed by atoms with van der Waals surface area (Å²) in [5, 5.41) is 140. The minimum atomic E-state index is -4.92. The van der Waals surface area contributed by atoms with Gasteiger partial charge in [0.05, 0.1) is 37.9 Å². The zero-order valence-corrected chi connectivity index (χ0v) is 47.7. The Morgan fingerprint density at radius 1 is 0.593 bits per heavy atom. The molecule has 13 N–H and O–H groups in total. The highest BCUT2D eigenvalue weighted by molar-refractivity contribution is 7.80. The van der Waals surface area contributed by atoms with Gasteiger partial charge in [0.15, 0.2) is 18.9 Å². The lowest BCUT2D eigenvalue weighted by Gasteiger charge is -2.71. The molecule has 4 saturated heterocycles. The number of rotatable bonds is 14. The molecule has 5 aliphatic carbocycles. The van der Waals surface area contributed by atoms with E-state index in [4.69, 9.17) is 42.1 Å². The molecule has 26 nitrogen and oxygen atoms in total. The molecule has 0 aromatic rings. The van der Waals surface area contributed by atoms with Gasteiger partial charge in [-0.25, -0.2) is 8.42 Å². The Balaban J connectivity index is 0.903. The summed E-state index contributed by atoms with van der Waals surface area (Å²) in [5.41, 5.74) is -1.54. The van der Waals surface area contributed by atoms with Crippen LogP contribution in [-0.4, -0.2) is 241 Å². The zero-order chi connectivity index (χ0) is 59.5. The average molecular weight is 1180 g/mol. The first-order valence-electron chi connectivity index (χ1n) is 28.5. The third-order valence-electron chi connectivity index (χ3n) is 21.6. The Labute approximate surface area is 471 Å². The molecule has 0 amide bonds. The number of carbonyl (C=O) groups is 1. The Morgan fingerprint density at radius 2 is 1.10 bits per heavy atom. The van der Waals surface area contributed by atoms with E-state index in [2.05, 4.69) is 40.7 Å². The summed E-state index contributed by atoms with van der Waals surface area (Å²) in [6, 6.07) is 0. The fourth-order valence-corrected chi connectivity index (χ4v) is 17.1. The number of hydrogen-bond acceptors (Lipinski definition) is 26. The maximum absolute atomic E-state index is 15.2. The van der Waals surface area contributed by atoms with Crippen LogP contribution >= 0.6 is 0 Å². The smallest absolute Gasteiger partial charge is 0.315 e. The van der Waals surface area contributed by atoms with E-state index in [0.717, 1.165) is 12.8 Å². The van der Waals surface area contributed by atoms with Crippen LogP contribution in [0.5, 0.6) is 0 Å². The molecule has 9 rings (SSSR count). The van der Waals surface area contributed by atoms with E-state index in [0.29, 0.717) is 51.4 Å². The van der Waals surface area contributed by atoms with E-state index >= 15 is 4.79 Å². The lowest BCUT2D eigenvalue weighted by Crippen LogP contribution is -2.66. The van der Waals surface area contributed by atoms with Gasteiger partial charge < -0.3 is 109 Å². The van der Waals surface area contributed by atoms with Gasteiger partial charge in [-0.1, -0.05) is 60.1 Å². The van der Waals surface area contributed by atoms with E-state index in [-0.39, 0.29) is 39.4 Å². The topological polar surface area (TPSA) is 420 Å². The first-order chi connectivity index (χ1) is 37.7. The summed E-state index contributed by atoms with van der Waals surface area (Å²) in [4.78, 5) is 15.2. The van der Waals surface area contributed by atoms with Crippen molar-refractivity contribution in [3.8, 4) is 0 Å². The van der Waals surface area contributed by atoms with Crippen LogP contribution in [0.1, 0.15) is 113 Å².